The van der Waals surface area contributed by atoms with Crippen LogP contribution in [0.1, 0.15) is 11.1 Å². The summed E-state index contributed by atoms with van der Waals surface area (Å²) >= 11 is 0. The number of terminal acetylenes is 1. The van der Waals surface area contributed by atoms with Crippen LogP contribution in [0.5, 0.6) is 11.6 Å². The summed E-state index contributed by atoms with van der Waals surface area (Å²) in [6.45, 7) is 0.465. The van der Waals surface area contributed by atoms with E-state index < -0.39 is 0 Å². The number of methoxy groups -OCH3 is 1. The zero-order chi connectivity index (χ0) is 12.8. The van der Waals surface area contributed by atoms with Crippen molar-refractivity contribution in [2.75, 3.05) is 7.11 Å². The first-order valence-electron chi connectivity index (χ1n) is 5.50. The van der Waals surface area contributed by atoms with E-state index in [1.807, 2.05) is 24.3 Å². The van der Waals surface area contributed by atoms with Crippen molar-refractivity contribution < 1.29 is 9.47 Å². The third kappa shape index (κ3) is 3.02. The van der Waals surface area contributed by atoms with Gasteiger partial charge in [-0.1, -0.05) is 18.1 Å². The molecule has 2 rings (SSSR count). The molecule has 1 aromatic heterocycles. The predicted molar refractivity (Wildman–Crippen MR) is 69.5 cm³/mol. The Balaban J connectivity index is 1.95. The average Bonchev–Trinajstić information content (AvgIpc) is 2.46. The Kier molecular flexibility index (Phi) is 3.83. The van der Waals surface area contributed by atoms with E-state index in [-0.39, 0.29) is 0 Å². The first kappa shape index (κ1) is 12.0. The first-order valence-corrected chi connectivity index (χ1v) is 5.50. The van der Waals surface area contributed by atoms with Crippen molar-refractivity contribution in [1.82, 2.24) is 4.98 Å². The van der Waals surface area contributed by atoms with E-state index in [1.165, 1.54) is 0 Å². The Morgan fingerprint density at radius 2 is 1.94 bits per heavy atom. The van der Waals surface area contributed by atoms with Crippen molar-refractivity contribution in [2.24, 2.45) is 0 Å². The van der Waals surface area contributed by atoms with Gasteiger partial charge in [0.2, 0.25) is 5.88 Å². The predicted octanol–water partition coefficient (Wildman–Crippen LogP) is 2.65. The lowest BCUT2D eigenvalue weighted by atomic mass is 10.2. The molecule has 0 radical (unpaired) electrons. The third-order valence-electron chi connectivity index (χ3n) is 2.45. The molecular weight excluding hydrogens is 226 g/mol. The molecule has 0 amide bonds. The van der Waals surface area contributed by atoms with Crippen LogP contribution in [0.4, 0.5) is 0 Å². The fourth-order valence-electron chi connectivity index (χ4n) is 1.43. The molecule has 0 aliphatic carbocycles. The highest BCUT2D eigenvalue weighted by Gasteiger charge is 1.98. The van der Waals surface area contributed by atoms with Gasteiger partial charge in [0.15, 0.2) is 0 Å². The van der Waals surface area contributed by atoms with E-state index in [4.69, 9.17) is 15.9 Å². The molecule has 1 heterocycles. The SMILES string of the molecule is C#Cc1ccc(OCc2ccc(OC)cc2)nc1. The van der Waals surface area contributed by atoms with Crippen molar-refractivity contribution in [3.63, 3.8) is 0 Å². The first-order chi connectivity index (χ1) is 8.81. The van der Waals surface area contributed by atoms with Gasteiger partial charge in [0.05, 0.1) is 7.11 Å². The molecule has 18 heavy (non-hydrogen) atoms. The standard InChI is InChI=1S/C15H13NO2/c1-3-12-6-9-15(16-10-12)18-11-13-4-7-14(17-2)8-5-13/h1,4-10H,11H2,2H3. The summed E-state index contributed by atoms with van der Waals surface area (Å²) in [5.74, 6) is 3.90. The summed E-state index contributed by atoms with van der Waals surface area (Å²) in [6.07, 6.45) is 6.86. The molecule has 0 spiro atoms. The maximum absolute atomic E-state index is 5.54. The number of ether oxygens (including phenoxy) is 2. The van der Waals surface area contributed by atoms with Crippen LogP contribution in [0.25, 0.3) is 0 Å². The Bertz CT molecular complexity index is 538. The monoisotopic (exact) mass is 239 g/mol. The van der Waals surface area contributed by atoms with E-state index in [0.717, 1.165) is 16.9 Å². The second-order valence-corrected chi connectivity index (χ2v) is 3.67. The number of nitrogens with zero attached hydrogens (tertiary/aromatic N) is 1. The van der Waals surface area contributed by atoms with Gasteiger partial charge in [-0.2, -0.15) is 0 Å². The second-order valence-electron chi connectivity index (χ2n) is 3.67. The molecular formula is C15H13NO2. The smallest absolute Gasteiger partial charge is 0.213 e. The number of hydrogen-bond donors (Lipinski definition) is 0. The van der Waals surface area contributed by atoms with Gasteiger partial charge in [-0.15, -0.1) is 6.42 Å². The number of pyridine rings is 1. The summed E-state index contributed by atoms with van der Waals surface area (Å²) in [6, 6.07) is 11.3. The molecule has 0 saturated heterocycles. The quantitative estimate of drug-likeness (QED) is 0.769. The maximum atomic E-state index is 5.54. The minimum Gasteiger partial charge on any atom is -0.497 e. The molecule has 0 bridgehead atoms. The molecule has 0 aliphatic rings. The van der Waals surface area contributed by atoms with Gasteiger partial charge < -0.3 is 9.47 Å². The number of rotatable bonds is 4. The largest absolute Gasteiger partial charge is 0.497 e. The van der Waals surface area contributed by atoms with Crippen molar-refractivity contribution in [3.8, 4) is 24.0 Å². The van der Waals surface area contributed by atoms with Gasteiger partial charge >= 0.3 is 0 Å². The van der Waals surface area contributed by atoms with Gasteiger partial charge in [-0.3, -0.25) is 0 Å². The minimum atomic E-state index is 0.465. The van der Waals surface area contributed by atoms with Gasteiger partial charge in [0.25, 0.3) is 0 Å². The molecule has 0 unspecified atom stereocenters. The minimum absolute atomic E-state index is 0.465. The molecule has 0 atom stereocenters. The van der Waals surface area contributed by atoms with Crippen LogP contribution in [0.15, 0.2) is 42.6 Å². The topological polar surface area (TPSA) is 31.4 Å². The van der Waals surface area contributed by atoms with Crippen molar-refractivity contribution >= 4 is 0 Å². The average molecular weight is 239 g/mol. The Morgan fingerprint density at radius 3 is 2.50 bits per heavy atom. The van der Waals surface area contributed by atoms with Gasteiger partial charge in [-0.25, -0.2) is 4.98 Å². The zero-order valence-electron chi connectivity index (χ0n) is 10.1. The van der Waals surface area contributed by atoms with Crippen LogP contribution >= 0.6 is 0 Å². The highest BCUT2D eigenvalue weighted by molar-refractivity contribution is 5.31. The van der Waals surface area contributed by atoms with Gasteiger partial charge in [-0.05, 0) is 23.8 Å². The Morgan fingerprint density at radius 1 is 1.17 bits per heavy atom. The number of aromatic nitrogens is 1. The summed E-state index contributed by atoms with van der Waals surface area (Å²) in [5, 5.41) is 0. The maximum Gasteiger partial charge on any atom is 0.213 e. The fourth-order valence-corrected chi connectivity index (χ4v) is 1.43. The summed E-state index contributed by atoms with van der Waals surface area (Å²) in [7, 11) is 1.64. The molecule has 2 aromatic rings. The highest BCUT2D eigenvalue weighted by Crippen LogP contribution is 2.14. The van der Waals surface area contributed by atoms with Gasteiger partial charge in [0.1, 0.15) is 12.4 Å². The van der Waals surface area contributed by atoms with E-state index in [0.29, 0.717) is 12.5 Å². The van der Waals surface area contributed by atoms with Gasteiger partial charge in [0, 0.05) is 17.8 Å². The Hall–Kier alpha value is -2.47. The van der Waals surface area contributed by atoms with Crippen LogP contribution in [-0.2, 0) is 6.61 Å². The second kappa shape index (κ2) is 5.74. The molecule has 0 fully saturated rings. The van der Waals surface area contributed by atoms with E-state index >= 15 is 0 Å². The molecule has 0 N–H and O–H groups in total. The number of hydrogen-bond acceptors (Lipinski definition) is 3. The van der Waals surface area contributed by atoms with Crippen LogP contribution < -0.4 is 9.47 Å². The molecule has 3 nitrogen and oxygen atoms in total. The Labute approximate surface area is 106 Å². The molecule has 90 valence electrons. The van der Waals surface area contributed by atoms with Crippen LogP contribution in [-0.4, -0.2) is 12.1 Å². The van der Waals surface area contributed by atoms with Crippen LogP contribution in [0.3, 0.4) is 0 Å². The lowest BCUT2D eigenvalue weighted by molar-refractivity contribution is 0.293. The number of benzene rings is 1. The van der Waals surface area contributed by atoms with Crippen LogP contribution in [0, 0.1) is 12.3 Å². The van der Waals surface area contributed by atoms with E-state index in [9.17, 15) is 0 Å². The van der Waals surface area contributed by atoms with Crippen LogP contribution in [0.2, 0.25) is 0 Å². The highest BCUT2D eigenvalue weighted by atomic mass is 16.5. The van der Waals surface area contributed by atoms with Crippen molar-refractivity contribution in [3.05, 3.63) is 53.7 Å². The molecule has 0 aliphatic heterocycles. The van der Waals surface area contributed by atoms with E-state index in [1.54, 1.807) is 25.4 Å². The summed E-state index contributed by atoms with van der Waals surface area (Å²) in [4.78, 5) is 4.11. The molecule has 0 saturated carbocycles. The molecule has 3 heteroatoms. The van der Waals surface area contributed by atoms with E-state index in [2.05, 4.69) is 10.9 Å². The lowest BCUT2D eigenvalue weighted by Gasteiger charge is -2.06. The van der Waals surface area contributed by atoms with Crippen molar-refractivity contribution in [2.45, 2.75) is 6.61 Å². The normalized spacial score (nSPS) is 9.56. The third-order valence-corrected chi connectivity index (χ3v) is 2.45. The molecule has 1 aromatic carbocycles. The summed E-state index contributed by atoms with van der Waals surface area (Å²) < 4.78 is 10.6. The zero-order valence-corrected chi connectivity index (χ0v) is 10.1. The lowest BCUT2D eigenvalue weighted by Crippen LogP contribution is -1.97. The summed E-state index contributed by atoms with van der Waals surface area (Å²) in [5.41, 5.74) is 1.80. The van der Waals surface area contributed by atoms with Crippen molar-refractivity contribution in [1.29, 1.82) is 0 Å². The fraction of sp³-hybridized carbons (Fsp3) is 0.133.